The molecule has 5 heterocycles. The molecule has 13 aromatic carbocycles. The molecular weight excluding hydrogens is 1200 g/mol. The van der Waals surface area contributed by atoms with Crippen molar-refractivity contribution in [3.05, 3.63) is 346 Å². The Morgan fingerprint density at radius 3 is 0.786 bits per heavy atom. The van der Waals surface area contributed by atoms with Gasteiger partial charge in [-0.1, -0.05) is 273 Å². The zero-order valence-corrected chi connectivity index (χ0v) is 52.9. The van der Waals surface area contributed by atoms with Crippen LogP contribution >= 0.6 is 0 Å². The monoisotopic (exact) mass is 1250 g/mol. The lowest BCUT2D eigenvalue weighted by atomic mass is 9.97. The number of nitrogens with zero attached hydrogens (tertiary/aromatic N) is 9. The van der Waals surface area contributed by atoms with E-state index in [0.717, 1.165) is 133 Å². The number of benzene rings is 13. The quantitative estimate of drug-likeness (QED) is 0.113. The van der Waals surface area contributed by atoms with Gasteiger partial charge in [-0.25, -0.2) is 34.9 Å². The first-order valence-electron chi connectivity index (χ1n) is 32.8. The van der Waals surface area contributed by atoms with Crippen LogP contribution in [0.25, 0.3) is 179 Å². The second-order valence-electron chi connectivity index (χ2n) is 24.5. The van der Waals surface area contributed by atoms with Crippen LogP contribution < -0.4 is 0 Å². The van der Waals surface area contributed by atoms with Crippen molar-refractivity contribution in [3.8, 4) is 135 Å². The van der Waals surface area contributed by atoms with E-state index < -0.39 is 0 Å². The molecule has 0 saturated heterocycles. The Balaban J connectivity index is 0.940. The SMILES string of the molecule is c1ccc(-c2ccc3c(c2)c2cc(-c4ccccc4)ccc2n3-c2cc(-c3ccc(-c4nc(-c5ccccc5)nc(-c5ccccc5)n4)c(-c4nc(-c5ccccc5)nc(-c5ccccc5)n4)c3)c(-n3c4ccc(-c5ccccc5)cc4c4cc(-c5ccccc5)ccc43)cn2)cc1. The Hall–Kier alpha value is -13.4. The van der Waals surface area contributed by atoms with E-state index in [1.165, 1.54) is 0 Å². The minimum Gasteiger partial charge on any atom is -0.307 e. The Labute approximate surface area is 565 Å². The van der Waals surface area contributed by atoms with Crippen molar-refractivity contribution in [2.75, 3.05) is 0 Å². The van der Waals surface area contributed by atoms with Crippen molar-refractivity contribution in [2.45, 2.75) is 0 Å². The molecule has 98 heavy (non-hydrogen) atoms. The fourth-order valence-corrected chi connectivity index (χ4v) is 13.7. The van der Waals surface area contributed by atoms with Crippen LogP contribution in [-0.2, 0) is 0 Å². The van der Waals surface area contributed by atoms with E-state index in [1.54, 1.807) is 0 Å². The maximum Gasteiger partial charge on any atom is 0.164 e. The molecule has 0 aliphatic rings. The van der Waals surface area contributed by atoms with E-state index in [2.05, 4.69) is 234 Å². The zero-order chi connectivity index (χ0) is 64.9. The summed E-state index contributed by atoms with van der Waals surface area (Å²) >= 11 is 0. The molecule has 0 spiro atoms. The topological polar surface area (TPSA) is 100 Å². The van der Waals surface area contributed by atoms with Crippen LogP contribution in [0, 0.1) is 0 Å². The molecule has 0 aliphatic heterocycles. The summed E-state index contributed by atoms with van der Waals surface area (Å²) in [6.07, 6.45) is 2.07. The lowest BCUT2D eigenvalue weighted by Crippen LogP contribution is -2.05. The Morgan fingerprint density at radius 2 is 0.459 bits per heavy atom. The van der Waals surface area contributed by atoms with Crippen LogP contribution in [0.4, 0.5) is 0 Å². The fourth-order valence-electron chi connectivity index (χ4n) is 13.7. The number of rotatable bonds is 13. The third-order valence-corrected chi connectivity index (χ3v) is 18.5. The maximum absolute atomic E-state index is 5.66. The molecule has 18 aromatic rings. The van der Waals surface area contributed by atoms with Gasteiger partial charge < -0.3 is 4.57 Å². The van der Waals surface area contributed by atoms with Gasteiger partial charge >= 0.3 is 0 Å². The molecule has 0 saturated carbocycles. The number of hydrogen-bond donors (Lipinski definition) is 0. The summed E-state index contributed by atoms with van der Waals surface area (Å²) in [5.41, 5.74) is 20.6. The van der Waals surface area contributed by atoms with Crippen molar-refractivity contribution in [1.82, 2.24) is 44.0 Å². The van der Waals surface area contributed by atoms with Crippen LogP contribution in [0.2, 0.25) is 0 Å². The molecule has 0 amide bonds. The van der Waals surface area contributed by atoms with Crippen molar-refractivity contribution >= 4 is 43.6 Å². The highest BCUT2D eigenvalue weighted by molar-refractivity contribution is 6.13. The van der Waals surface area contributed by atoms with Crippen LogP contribution in [0.3, 0.4) is 0 Å². The lowest BCUT2D eigenvalue weighted by molar-refractivity contribution is 1.05. The minimum absolute atomic E-state index is 0.443. The summed E-state index contributed by atoms with van der Waals surface area (Å²) in [6.45, 7) is 0. The molecule has 9 nitrogen and oxygen atoms in total. The molecule has 0 atom stereocenters. The second-order valence-corrected chi connectivity index (χ2v) is 24.5. The third-order valence-electron chi connectivity index (χ3n) is 18.5. The summed E-state index contributed by atoms with van der Waals surface area (Å²) in [4.78, 5) is 37.7. The average Bonchev–Trinajstić information content (AvgIpc) is 1.08. The predicted molar refractivity (Wildman–Crippen MR) is 399 cm³/mol. The standard InChI is InChI=1S/C89H57N9/c1-9-25-58(26-10-1)66-42-47-78-73(51-66)74-52-67(59-27-11-2-12-28-59)43-48-79(74)97(78)82-57-90-83(98-80-49-44-68(60-29-13-3-14-30-60)53-75(80)76-54-69(45-50-81(76)98)61-31-15-4-16-32-61)56-72(82)70-41-46-71(88-93-84(62-33-17-5-18-34-62)91-85(94-88)63-35-19-6-20-36-63)77(55-70)89-95-86(64-37-21-7-22-38-64)92-87(96-89)65-39-23-8-24-40-65/h1-57H. The van der Waals surface area contributed by atoms with Crippen molar-refractivity contribution in [3.63, 3.8) is 0 Å². The third kappa shape index (κ3) is 10.5. The molecule has 9 heteroatoms. The molecule has 0 fully saturated rings. The molecule has 0 bridgehead atoms. The summed E-state index contributed by atoms with van der Waals surface area (Å²) < 4.78 is 4.72. The van der Waals surface area contributed by atoms with Gasteiger partial charge in [0.15, 0.2) is 34.9 Å². The summed E-state index contributed by atoms with van der Waals surface area (Å²) in [7, 11) is 0. The zero-order valence-electron chi connectivity index (χ0n) is 52.9. The number of aromatic nitrogens is 9. The van der Waals surface area contributed by atoms with E-state index in [4.69, 9.17) is 34.9 Å². The Kier molecular flexibility index (Phi) is 14.3. The molecule has 0 aliphatic carbocycles. The molecule has 0 N–H and O–H groups in total. The number of fused-ring (bicyclic) bond motifs is 6. The van der Waals surface area contributed by atoms with Gasteiger partial charge in [0.25, 0.3) is 0 Å². The van der Waals surface area contributed by atoms with Gasteiger partial charge in [0, 0.05) is 60.5 Å². The largest absolute Gasteiger partial charge is 0.307 e. The van der Waals surface area contributed by atoms with Crippen molar-refractivity contribution < 1.29 is 0 Å². The van der Waals surface area contributed by atoms with E-state index in [9.17, 15) is 0 Å². The van der Waals surface area contributed by atoms with E-state index in [-0.39, 0.29) is 0 Å². The molecular formula is C89H57N9. The highest BCUT2D eigenvalue weighted by Crippen LogP contribution is 2.45. The van der Waals surface area contributed by atoms with Gasteiger partial charge in [-0.2, -0.15) is 0 Å². The van der Waals surface area contributed by atoms with Gasteiger partial charge in [0.05, 0.1) is 34.0 Å². The minimum atomic E-state index is 0.443. The van der Waals surface area contributed by atoms with Gasteiger partial charge in [0.2, 0.25) is 0 Å². The number of pyridine rings is 1. The van der Waals surface area contributed by atoms with Crippen molar-refractivity contribution in [1.29, 1.82) is 0 Å². The fraction of sp³-hybridized carbons (Fsp3) is 0. The van der Waals surface area contributed by atoms with Gasteiger partial charge in [0.1, 0.15) is 5.82 Å². The Bertz CT molecular complexity index is 5700. The molecule has 18 rings (SSSR count). The van der Waals surface area contributed by atoms with Gasteiger partial charge in [-0.3, -0.25) is 4.57 Å². The molecule has 458 valence electrons. The molecule has 0 radical (unpaired) electrons. The predicted octanol–water partition coefficient (Wildman–Crippen LogP) is 22.0. The smallest absolute Gasteiger partial charge is 0.164 e. The van der Waals surface area contributed by atoms with Crippen LogP contribution in [0.5, 0.6) is 0 Å². The normalized spacial score (nSPS) is 11.5. The van der Waals surface area contributed by atoms with Crippen LogP contribution in [0.15, 0.2) is 346 Å². The lowest BCUT2D eigenvalue weighted by Gasteiger charge is -2.18. The van der Waals surface area contributed by atoms with Crippen LogP contribution in [-0.4, -0.2) is 44.0 Å². The maximum atomic E-state index is 5.66. The summed E-state index contributed by atoms with van der Waals surface area (Å²) in [5.74, 6) is 3.75. The van der Waals surface area contributed by atoms with E-state index in [0.29, 0.717) is 46.1 Å². The first-order valence-corrected chi connectivity index (χ1v) is 32.8. The van der Waals surface area contributed by atoms with Crippen molar-refractivity contribution in [2.24, 2.45) is 0 Å². The van der Waals surface area contributed by atoms with Crippen LogP contribution in [0.1, 0.15) is 0 Å². The van der Waals surface area contributed by atoms with Gasteiger partial charge in [-0.15, -0.1) is 0 Å². The summed E-state index contributed by atoms with van der Waals surface area (Å²) in [6, 6.07) is 119. The summed E-state index contributed by atoms with van der Waals surface area (Å²) in [5, 5.41) is 4.46. The first kappa shape index (κ1) is 57.3. The van der Waals surface area contributed by atoms with E-state index in [1.807, 2.05) is 121 Å². The second kappa shape index (κ2) is 24.5. The number of hydrogen-bond acceptors (Lipinski definition) is 7. The molecule has 0 unspecified atom stereocenters. The average molecular weight is 1250 g/mol. The molecule has 5 aromatic heterocycles. The van der Waals surface area contributed by atoms with Gasteiger partial charge in [-0.05, 0) is 117 Å². The Morgan fingerprint density at radius 1 is 0.184 bits per heavy atom. The first-order chi connectivity index (χ1) is 48.6. The highest BCUT2D eigenvalue weighted by Gasteiger charge is 2.26. The van der Waals surface area contributed by atoms with E-state index >= 15 is 0 Å². The highest BCUT2D eigenvalue weighted by atomic mass is 15.1.